The molecule has 182 valence electrons. The van der Waals surface area contributed by atoms with Gasteiger partial charge in [-0.15, -0.1) is 13.2 Å². The Hall–Kier alpha value is -2.58. The number of nitrogens with zero attached hydrogens (tertiary/aromatic N) is 2. The van der Waals surface area contributed by atoms with Crippen molar-refractivity contribution in [3.05, 3.63) is 53.6 Å². The lowest BCUT2D eigenvalue weighted by molar-refractivity contribution is -0.274. The first-order valence-electron chi connectivity index (χ1n) is 12.0. The minimum absolute atomic E-state index is 0.00919. The number of carbonyl (C=O) groups excluding carboxylic acids is 1. The summed E-state index contributed by atoms with van der Waals surface area (Å²) in [5, 5.41) is 9.16. The number of fused-ring (bicyclic) bond motifs is 5. The average Bonchev–Trinajstić information content (AvgIpc) is 3.10. The van der Waals surface area contributed by atoms with Crippen LogP contribution in [0.1, 0.15) is 48.8 Å². The number of alkyl halides is 3. The van der Waals surface area contributed by atoms with Crippen LogP contribution < -0.4 is 4.74 Å². The van der Waals surface area contributed by atoms with Crippen LogP contribution in [0, 0.1) is 5.92 Å². The van der Waals surface area contributed by atoms with Crippen LogP contribution in [-0.4, -0.2) is 60.0 Å². The van der Waals surface area contributed by atoms with Crippen LogP contribution >= 0.6 is 0 Å². The molecule has 1 amide bonds. The van der Waals surface area contributed by atoms with Gasteiger partial charge >= 0.3 is 6.36 Å². The smallest absolute Gasteiger partial charge is 0.406 e. The Morgan fingerprint density at radius 1 is 1.00 bits per heavy atom. The molecule has 2 unspecified atom stereocenters. The molecular formula is C26H29F3N2O3. The van der Waals surface area contributed by atoms with Crippen LogP contribution in [0.25, 0.3) is 11.1 Å². The van der Waals surface area contributed by atoms with Gasteiger partial charge in [0.25, 0.3) is 0 Å². The monoisotopic (exact) mass is 474 g/mol. The van der Waals surface area contributed by atoms with E-state index in [-0.39, 0.29) is 30.2 Å². The van der Waals surface area contributed by atoms with Crippen molar-refractivity contribution >= 4 is 5.91 Å². The SMILES string of the molecule is O=C(C1CCN(CCO)CC1)N1CCC2CC1c1cc(-c3cccc(OC(F)(F)F)c3)ccc12. The first kappa shape index (κ1) is 23.2. The predicted molar refractivity (Wildman–Crippen MR) is 121 cm³/mol. The molecule has 2 saturated heterocycles. The molecule has 8 heteroatoms. The summed E-state index contributed by atoms with van der Waals surface area (Å²) in [4.78, 5) is 17.7. The van der Waals surface area contributed by atoms with Crippen molar-refractivity contribution in [2.24, 2.45) is 5.92 Å². The van der Waals surface area contributed by atoms with Gasteiger partial charge in [-0.05, 0) is 85.1 Å². The average molecular weight is 475 g/mol. The van der Waals surface area contributed by atoms with Gasteiger partial charge < -0.3 is 19.6 Å². The highest BCUT2D eigenvalue weighted by molar-refractivity contribution is 5.80. The quantitative estimate of drug-likeness (QED) is 0.682. The number of aliphatic hydroxyl groups is 1. The minimum atomic E-state index is -4.73. The van der Waals surface area contributed by atoms with Crippen LogP contribution in [0.2, 0.25) is 0 Å². The number of ether oxygens (including phenoxy) is 1. The lowest BCUT2D eigenvalue weighted by Crippen LogP contribution is -2.45. The highest BCUT2D eigenvalue weighted by atomic mass is 19.4. The predicted octanol–water partition coefficient (Wildman–Crippen LogP) is 4.72. The Balaban J connectivity index is 1.36. The van der Waals surface area contributed by atoms with Gasteiger partial charge in [-0.2, -0.15) is 0 Å². The Morgan fingerprint density at radius 3 is 2.50 bits per heavy atom. The van der Waals surface area contributed by atoms with Crippen molar-refractivity contribution in [2.75, 3.05) is 32.8 Å². The molecule has 0 radical (unpaired) electrons. The van der Waals surface area contributed by atoms with Gasteiger partial charge in [0.1, 0.15) is 5.75 Å². The number of hydrogen-bond donors (Lipinski definition) is 1. The van der Waals surface area contributed by atoms with Crippen molar-refractivity contribution in [1.29, 1.82) is 0 Å². The van der Waals surface area contributed by atoms with Crippen LogP contribution in [0.5, 0.6) is 5.75 Å². The molecule has 2 aromatic rings. The fourth-order valence-corrected chi connectivity index (χ4v) is 5.87. The largest absolute Gasteiger partial charge is 0.573 e. The van der Waals surface area contributed by atoms with Gasteiger partial charge in [0.15, 0.2) is 0 Å². The maximum atomic E-state index is 13.5. The third kappa shape index (κ3) is 4.66. The summed E-state index contributed by atoms with van der Waals surface area (Å²) in [6.45, 7) is 3.19. The number of halogens is 3. The Morgan fingerprint density at radius 2 is 1.76 bits per heavy atom. The van der Waals surface area contributed by atoms with Gasteiger partial charge in [-0.25, -0.2) is 0 Å². The van der Waals surface area contributed by atoms with E-state index in [2.05, 4.69) is 15.7 Å². The van der Waals surface area contributed by atoms with Gasteiger partial charge in [0.05, 0.1) is 12.6 Å². The topological polar surface area (TPSA) is 53.0 Å². The highest BCUT2D eigenvalue weighted by Crippen LogP contribution is 2.50. The fourth-order valence-electron chi connectivity index (χ4n) is 5.87. The minimum Gasteiger partial charge on any atom is -0.406 e. The van der Waals surface area contributed by atoms with Crippen molar-refractivity contribution in [3.63, 3.8) is 0 Å². The molecule has 1 N–H and O–H groups in total. The van der Waals surface area contributed by atoms with E-state index in [4.69, 9.17) is 5.11 Å². The molecule has 2 fully saturated rings. The third-order valence-corrected chi connectivity index (χ3v) is 7.53. The maximum absolute atomic E-state index is 13.5. The number of benzene rings is 2. The number of β-amino-alcohol motifs (C(OH)–C–C–N with tert-alkyl or cyclic N) is 1. The van der Waals surface area contributed by atoms with E-state index in [1.807, 2.05) is 17.0 Å². The van der Waals surface area contributed by atoms with E-state index >= 15 is 0 Å². The number of amides is 1. The van der Waals surface area contributed by atoms with Crippen LogP contribution in [0.4, 0.5) is 13.2 Å². The summed E-state index contributed by atoms with van der Waals surface area (Å²) in [7, 11) is 0. The summed E-state index contributed by atoms with van der Waals surface area (Å²) in [6, 6.07) is 12.1. The molecule has 2 aliphatic heterocycles. The zero-order valence-electron chi connectivity index (χ0n) is 18.9. The van der Waals surface area contributed by atoms with Crippen molar-refractivity contribution in [2.45, 2.75) is 44.0 Å². The Bertz CT molecular complexity index is 1050. The Labute approximate surface area is 197 Å². The third-order valence-electron chi connectivity index (χ3n) is 7.53. The lowest BCUT2D eigenvalue weighted by Gasteiger charge is -2.38. The number of rotatable bonds is 5. The van der Waals surface area contributed by atoms with E-state index in [0.717, 1.165) is 56.4 Å². The molecule has 0 saturated carbocycles. The highest BCUT2D eigenvalue weighted by Gasteiger charge is 2.42. The summed E-state index contributed by atoms with van der Waals surface area (Å²) in [6.07, 6.45) is -1.27. The number of hydrogen-bond acceptors (Lipinski definition) is 4. The molecule has 2 atom stereocenters. The van der Waals surface area contributed by atoms with E-state index in [9.17, 15) is 18.0 Å². The molecular weight excluding hydrogens is 445 g/mol. The molecule has 2 aromatic carbocycles. The Kier molecular flexibility index (Phi) is 6.29. The summed E-state index contributed by atoms with van der Waals surface area (Å²) in [5.74, 6) is 0.402. The molecule has 2 heterocycles. The molecule has 5 rings (SSSR count). The lowest BCUT2D eigenvalue weighted by atomic mass is 9.91. The summed E-state index contributed by atoms with van der Waals surface area (Å²) < 4.78 is 42.1. The van der Waals surface area contributed by atoms with Crippen molar-refractivity contribution in [3.8, 4) is 16.9 Å². The fraction of sp³-hybridized carbons (Fsp3) is 0.500. The molecule has 1 aliphatic carbocycles. The van der Waals surface area contributed by atoms with E-state index in [1.165, 1.54) is 17.7 Å². The molecule has 5 nitrogen and oxygen atoms in total. The van der Waals surface area contributed by atoms with Gasteiger partial charge in [0.2, 0.25) is 5.91 Å². The van der Waals surface area contributed by atoms with Crippen LogP contribution in [0.3, 0.4) is 0 Å². The van der Waals surface area contributed by atoms with Gasteiger partial charge in [-0.3, -0.25) is 4.79 Å². The van der Waals surface area contributed by atoms with Crippen molar-refractivity contribution in [1.82, 2.24) is 9.80 Å². The first-order valence-corrected chi connectivity index (χ1v) is 12.0. The van der Waals surface area contributed by atoms with E-state index in [0.29, 0.717) is 18.0 Å². The van der Waals surface area contributed by atoms with Crippen LogP contribution in [0.15, 0.2) is 42.5 Å². The zero-order valence-corrected chi connectivity index (χ0v) is 18.9. The number of piperidine rings is 2. The van der Waals surface area contributed by atoms with Crippen molar-refractivity contribution < 1.29 is 27.8 Å². The second-order valence-electron chi connectivity index (χ2n) is 9.53. The summed E-state index contributed by atoms with van der Waals surface area (Å²) in [5.41, 5.74) is 3.85. The summed E-state index contributed by atoms with van der Waals surface area (Å²) >= 11 is 0. The molecule has 0 spiro atoms. The number of likely N-dealkylation sites (tertiary alicyclic amines) is 2. The molecule has 34 heavy (non-hydrogen) atoms. The second-order valence-corrected chi connectivity index (χ2v) is 9.53. The van der Waals surface area contributed by atoms with Gasteiger partial charge in [-0.1, -0.05) is 24.3 Å². The second kappa shape index (κ2) is 9.23. The molecule has 3 aliphatic rings. The van der Waals surface area contributed by atoms with E-state index < -0.39 is 6.36 Å². The number of carbonyl (C=O) groups is 1. The zero-order chi connectivity index (χ0) is 23.9. The maximum Gasteiger partial charge on any atom is 0.573 e. The van der Waals surface area contributed by atoms with Crippen LogP contribution in [-0.2, 0) is 4.79 Å². The normalized spacial score (nSPS) is 23.1. The first-order chi connectivity index (χ1) is 16.3. The molecule has 0 aromatic heterocycles. The standard InChI is InChI=1S/C26H29F3N2O3/c27-26(28,29)34-21-3-1-2-18(14-21)19-4-5-22-20-8-11-31(24(16-20)23(22)15-19)25(33)17-6-9-30(10-7-17)12-13-32/h1-5,14-15,17,20,24,32H,6-13,16H2. The molecule has 2 bridgehead atoms. The number of aliphatic hydroxyl groups excluding tert-OH is 1. The van der Waals surface area contributed by atoms with Gasteiger partial charge in [0, 0.05) is 19.0 Å². The van der Waals surface area contributed by atoms with E-state index in [1.54, 1.807) is 12.1 Å².